The highest BCUT2D eigenvalue weighted by atomic mass is 19.1. The lowest BCUT2D eigenvalue weighted by molar-refractivity contribution is 0.268. The van der Waals surface area contributed by atoms with Gasteiger partial charge in [0.05, 0.1) is 12.3 Å². The van der Waals surface area contributed by atoms with Crippen molar-refractivity contribution in [3.05, 3.63) is 32.3 Å². The number of halogens is 1. The SMILES string of the molecule is O=c1[nH]c(CO)c(F)c(=O)[nH]1. The van der Waals surface area contributed by atoms with Crippen molar-refractivity contribution in [2.24, 2.45) is 0 Å². The van der Waals surface area contributed by atoms with Crippen LogP contribution in [0.2, 0.25) is 0 Å². The second kappa shape index (κ2) is 2.67. The topological polar surface area (TPSA) is 85.9 Å². The summed E-state index contributed by atoms with van der Waals surface area (Å²) in [4.78, 5) is 24.5. The maximum atomic E-state index is 12.5. The van der Waals surface area contributed by atoms with E-state index in [1.54, 1.807) is 4.98 Å². The molecule has 6 heteroatoms. The molecule has 0 aliphatic rings. The number of hydrogen-bond donors (Lipinski definition) is 3. The highest BCUT2D eigenvalue weighted by Crippen LogP contribution is 1.91. The first-order chi connectivity index (χ1) is 5.15. The maximum absolute atomic E-state index is 12.5. The molecule has 0 radical (unpaired) electrons. The van der Waals surface area contributed by atoms with Crippen LogP contribution >= 0.6 is 0 Å². The lowest BCUT2D eigenvalue weighted by Gasteiger charge is -1.94. The van der Waals surface area contributed by atoms with Gasteiger partial charge in [0.15, 0.2) is 0 Å². The molecule has 0 fully saturated rings. The Bertz CT molecular complexity index is 367. The number of aromatic nitrogens is 2. The fourth-order valence-corrected chi connectivity index (χ4v) is 0.627. The Hall–Kier alpha value is -1.43. The van der Waals surface area contributed by atoms with Crippen LogP contribution in [-0.4, -0.2) is 15.1 Å². The van der Waals surface area contributed by atoms with E-state index in [0.717, 1.165) is 0 Å². The summed E-state index contributed by atoms with van der Waals surface area (Å²) >= 11 is 0. The van der Waals surface area contributed by atoms with Crippen LogP contribution in [0.3, 0.4) is 0 Å². The van der Waals surface area contributed by atoms with Crippen molar-refractivity contribution >= 4 is 0 Å². The predicted molar refractivity (Wildman–Crippen MR) is 33.6 cm³/mol. The average molecular weight is 160 g/mol. The summed E-state index contributed by atoms with van der Waals surface area (Å²) in [5.74, 6) is -1.16. The lowest BCUT2D eigenvalue weighted by Crippen LogP contribution is -2.27. The van der Waals surface area contributed by atoms with Gasteiger partial charge in [-0.25, -0.2) is 4.79 Å². The van der Waals surface area contributed by atoms with Gasteiger partial charge in [0.25, 0.3) is 5.56 Å². The highest BCUT2D eigenvalue weighted by molar-refractivity contribution is 5.00. The van der Waals surface area contributed by atoms with Crippen LogP contribution in [0.1, 0.15) is 5.69 Å². The minimum absolute atomic E-state index is 0.404. The third-order valence-electron chi connectivity index (χ3n) is 1.11. The molecule has 0 saturated heterocycles. The Balaban J connectivity index is 3.49. The molecule has 0 aliphatic carbocycles. The number of aliphatic hydroxyl groups is 1. The van der Waals surface area contributed by atoms with Crippen LogP contribution in [-0.2, 0) is 6.61 Å². The average Bonchev–Trinajstić information content (AvgIpc) is 1.96. The maximum Gasteiger partial charge on any atom is 0.326 e. The zero-order valence-corrected chi connectivity index (χ0v) is 5.35. The molecular formula is C5H5FN2O3. The first-order valence-corrected chi connectivity index (χ1v) is 2.77. The van der Waals surface area contributed by atoms with Crippen LogP contribution in [0.5, 0.6) is 0 Å². The van der Waals surface area contributed by atoms with E-state index in [2.05, 4.69) is 0 Å². The normalized spacial score (nSPS) is 10.0. The van der Waals surface area contributed by atoms with Gasteiger partial charge in [0.1, 0.15) is 0 Å². The lowest BCUT2D eigenvalue weighted by atomic mass is 10.4. The Labute approximate surface area is 59.5 Å². The predicted octanol–water partition coefficient (Wildman–Crippen LogP) is -1.31. The molecule has 0 saturated carbocycles. The fourth-order valence-electron chi connectivity index (χ4n) is 0.627. The van der Waals surface area contributed by atoms with E-state index in [-0.39, 0.29) is 0 Å². The first-order valence-electron chi connectivity index (χ1n) is 2.77. The van der Waals surface area contributed by atoms with Crippen LogP contribution in [0.4, 0.5) is 4.39 Å². The van der Waals surface area contributed by atoms with E-state index < -0.39 is 29.4 Å². The molecule has 1 aromatic rings. The highest BCUT2D eigenvalue weighted by Gasteiger charge is 2.05. The van der Waals surface area contributed by atoms with E-state index in [1.807, 2.05) is 4.98 Å². The van der Waals surface area contributed by atoms with Gasteiger partial charge in [-0.05, 0) is 0 Å². The quantitative estimate of drug-likeness (QED) is 0.477. The summed E-state index contributed by atoms with van der Waals surface area (Å²) in [6.45, 7) is -0.703. The zero-order chi connectivity index (χ0) is 8.43. The largest absolute Gasteiger partial charge is 0.390 e. The van der Waals surface area contributed by atoms with Gasteiger partial charge in [0.2, 0.25) is 5.82 Å². The summed E-state index contributed by atoms with van der Waals surface area (Å²) in [6, 6.07) is 0. The Morgan fingerprint density at radius 3 is 2.55 bits per heavy atom. The van der Waals surface area contributed by atoms with Crippen LogP contribution in [0, 0.1) is 5.82 Å². The molecular weight excluding hydrogens is 155 g/mol. The van der Waals surface area contributed by atoms with Crippen LogP contribution < -0.4 is 11.2 Å². The first kappa shape index (κ1) is 7.67. The van der Waals surface area contributed by atoms with E-state index in [1.165, 1.54) is 0 Å². The van der Waals surface area contributed by atoms with Gasteiger partial charge in [-0.15, -0.1) is 0 Å². The van der Waals surface area contributed by atoms with Crippen molar-refractivity contribution in [1.82, 2.24) is 9.97 Å². The van der Waals surface area contributed by atoms with Crippen molar-refractivity contribution in [2.45, 2.75) is 6.61 Å². The third-order valence-corrected chi connectivity index (χ3v) is 1.11. The summed E-state index contributed by atoms with van der Waals surface area (Å²) in [5.41, 5.74) is -2.36. The molecule has 1 heterocycles. The molecule has 0 aliphatic heterocycles. The van der Waals surface area contributed by atoms with Crippen LogP contribution in [0.25, 0.3) is 0 Å². The van der Waals surface area contributed by atoms with Crippen molar-refractivity contribution in [3.63, 3.8) is 0 Å². The van der Waals surface area contributed by atoms with Gasteiger partial charge in [-0.1, -0.05) is 0 Å². The third kappa shape index (κ3) is 1.35. The minimum Gasteiger partial charge on any atom is -0.390 e. The molecule has 11 heavy (non-hydrogen) atoms. The summed E-state index contributed by atoms with van der Waals surface area (Å²) in [5, 5.41) is 8.40. The molecule has 3 N–H and O–H groups in total. The van der Waals surface area contributed by atoms with Crippen molar-refractivity contribution in [1.29, 1.82) is 0 Å². The Morgan fingerprint density at radius 2 is 2.00 bits per heavy atom. The van der Waals surface area contributed by atoms with Crippen molar-refractivity contribution in [2.75, 3.05) is 0 Å². The molecule has 0 atom stereocenters. The Kier molecular flexibility index (Phi) is 1.86. The monoisotopic (exact) mass is 160 g/mol. The smallest absolute Gasteiger partial charge is 0.326 e. The molecule has 0 bridgehead atoms. The molecule has 0 unspecified atom stereocenters. The molecule has 5 nitrogen and oxygen atoms in total. The second-order valence-corrected chi connectivity index (χ2v) is 1.86. The van der Waals surface area contributed by atoms with E-state index in [9.17, 15) is 14.0 Å². The number of H-pyrrole nitrogens is 2. The van der Waals surface area contributed by atoms with E-state index in [0.29, 0.717) is 0 Å². The standard InChI is InChI=1S/C5H5FN2O3/c6-3-2(1-9)7-5(11)8-4(3)10/h9H,1H2,(H2,7,8,10,11). The number of hydrogen-bond acceptors (Lipinski definition) is 3. The fraction of sp³-hybridized carbons (Fsp3) is 0.200. The number of aromatic amines is 2. The zero-order valence-electron chi connectivity index (χ0n) is 5.35. The van der Waals surface area contributed by atoms with Gasteiger partial charge in [0, 0.05) is 0 Å². The molecule has 1 aromatic heterocycles. The number of rotatable bonds is 1. The molecule has 1 rings (SSSR count). The minimum atomic E-state index is -1.16. The van der Waals surface area contributed by atoms with Gasteiger partial charge < -0.3 is 10.1 Å². The number of aliphatic hydroxyl groups excluding tert-OH is 1. The van der Waals surface area contributed by atoms with Gasteiger partial charge in [-0.2, -0.15) is 4.39 Å². The van der Waals surface area contributed by atoms with E-state index in [4.69, 9.17) is 5.11 Å². The molecule has 60 valence electrons. The van der Waals surface area contributed by atoms with Crippen LogP contribution in [0.15, 0.2) is 9.59 Å². The van der Waals surface area contributed by atoms with Crippen molar-refractivity contribution < 1.29 is 9.50 Å². The molecule has 0 spiro atoms. The van der Waals surface area contributed by atoms with Crippen molar-refractivity contribution in [3.8, 4) is 0 Å². The molecule has 0 aromatic carbocycles. The van der Waals surface area contributed by atoms with E-state index >= 15 is 0 Å². The summed E-state index contributed by atoms with van der Waals surface area (Å²) in [7, 11) is 0. The van der Waals surface area contributed by atoms with Gasteiger partial charge >= 0.3 is 5.69 Å². The Morgan fingerprint density at radius 1 is 1.36 bits per heavy atom. The number of nitrogens with one attached hydrogen (secondary N) is 2. The summed E-state index contributed by atoms with van der Waals surface area (Å²) < 4.78 is 12.5. The summed E-state index contributed by atoms with van der Waals surface area (Å²) in [6.07, 6.45) is 0. The second-order valence-electron chi connectivity index (χ2n) is 1.86. The van der Waals surface area contributed by atoms with Gasteiger partial charge in [-0.3, -0.25) is 9.78 Å². The molecule has 0 amide bonds.